The highest BCUT2D eigenvalue weighted by atomic mass is 127. The number of hydrogen-bond acceptors (Lipinski definition) is 0. The molecular formula is C15H14ClI. The van der Waals surface area contributed by atoms with Crippen molar-refractivity contribution in [3.05, 3.63) is 68.8 Å². The number of alkyl halides is 1. The van der Waals surface area contributed by atoms with Gasteiger partial charge >= 0.3 is 0 Å². The van der Waals surface area contributed by atoms with Gasteiger partial charge in [0, 0.05) is 3.57 Å². The van der Waals surface area contributed by atoms with Crippen molar-refractivity contribution in [1.82, 2.24) is 0 Å². The monoisotopic (exact) mass is 356 g/mol. The van der Waals surface area contributed by atoms with E-state index in [9.17, 15) is 0 Å². The molecule has 0 heterocycles. The van der Waals surface area contributed by atoms with Crippen molar-refractivity contribution in [2.45, 2.75) is 18.7 Å². The van der Waals surface area contributed by atoms with E-state index >= 15 is 0 Å². The second-order valence-corrected chi connectivity index (χ2v) is 5.69. The van der Waals surface area contributed by atoms with Crippen LogP contribution in [0.3, 0.4) is 0 Å². The van der Waals surface area contributed by atoms with Crippen LogP contribution in [0.4, 0.5) is 0 Å². The minimum Gasteiger partial charge on any atom is -0.113 e. The van der Waals surface area contributed by atoms with Crippen molar-refractivity contribution in [1.29, 1.82) is 0 Å². The number of benzene rings is 2. The Morgan fingerprint density at radius 3 is 1.88 bits per heavy atom. The van der Waals surface area contributed by atoms with Crippen molar-refractivity contribution >= 4 is 34.2 Å². The minimum atomic E-state index is -0.0575. The fourth-order valence-corrected chi connectivity index (χ4v) is 2.40. The zero-order chi connectivity index (χ0) is 12.3. The first-order valence-electron chi connectivity index (χ1n) is 5.69. The van der Waals surface area contributed by atoms with Gasteiger partial charge in [-0.05, 0) is 57.8 Å². The molecule has 17 heavy (non-hydrogen) atoms. The molecule has 2 aromatic carbocycles. The molecule has 0 nitrogen and oxygen atoms in total. The first kappa shape index (κ1) is 12.9. The number of rotatable bonds is 3. The van der Waals surface area contributed by atoms with Crippen LogP contribution in [0.2, 0.25) is 0 Å². The summed E-state index contributed by atoms with van der Waals surface area (Å²) in [5, 5.41) is -0.0575. The molecule has 2 heteroatoms. The zero-order valence-electron chi connectivity index (χ0n) is 9.66. The summed E-state index contributed by atoms with van der Waals surface area (Å²) in [4.78, 5) is 0. The van der Waals surface area contributed by atoms with Gasteiger partial charge in [-0.25, -0.2) is 0 Å². The highest BCUT2D eigenvalue weighted by Crippen LogP contribution is 2.29. The number of halogens is 2. The van der Waals surface area contributed by atoms with Crippen LogP contribution < -0.4 is 0 Å². The Bertz CT molecular complexity index is 473. The summed E-state index contributed by atoms with van der Waals surface area (Å²) in [6.07, 6.45) is 1.07. The predicted molar refractivity (Wildman–Crippen MR) is 82.7 cm³/mol. The van der Waals surface area contributed by atoms with Crippen LogP contribution in [-0.4, -0.2) is 0 Å². The summed E-state index contributed by atoms with van der Waals surface area (Å²) in [6, 6.07) is 16.9. The molecule has 2 rings (SSSR count). The van der Waals surface area contributed by atoms with Gasteiger partial charge in [0.25, 0.3) is 0 Å². The molecule has 0 saturated heterocycles. The van der Waals surface area contributed by atoms with Crippen molar-refractivity contribution in [3.63, 3.8) is 0 Å². The van der Waals surface area contributed by atoms with Crippen LogP contribution in [0.5, 0.6) is 0 Å². The van der Waals surface area contributed by atoms with Crippen molar-refractivity contribution in [2.24, 2.45) is 0 Å². The fraction of sp³-hybridized carbons (Fsp3) is 0.200. The molecule has 1 unspecified atom stereocenters. The third kappa shape index (κ3) is 3.23. The van der Waals surface area contributed by atoms with Gasteiger partial charge in [0.05, 0.1) is 5.38 Å². The van der Waals surface area contributed by atoms with Crippen molar-refractivity contribution in [3.8, 4) is 0 Å². The van der Waals surface area contributed by atoms with Gasteiger partial charge in [-0.1, -0.05) is 43.3 Å². The van der Waals surface area contributed by atoms with E-state index in [1.807, 2.05) is 0 Å². The highest BCUT2D eigenvalue weighted by Gasteiger charge is 2.10. The van der Waals surface area contributed by atoms with Gasteiger partial charge in [0.15, 0.2) is 0 Å². The maximum absolute atomic E-state index is 6.48. The first-order valence-corrected chi connectivity index (χ1v) is 7.20. The molecule has 2 aromatic rings. The Balaban J connectivity index is 2.23. The summed E-state index contributed by atoms with van der Waals surface area (Å²) in [7, 11) is 0. The van der Waals surface area contributed by atoms with Crippen LogP contribution in [-0.2, 0) is 6.42 Å². The minimum absolute atomic E-state index is 0.0575. The Morgan fingerprint density at radius 1 is 0.941 bits per heavy atom. The largest absolute Gasteiger partial charge is 0.113 e. The topological polar surface area (TPSA) is 0 Å². The standard InChI is InChI=1S/C15H14ClI/c1-2-11-3-5-12(6-4-11)15(16)13-7-9-14(17)10-8-13/h3-10,15H,2H2,1H3. The Labute approximate surface area is 121 Å². The SMILES string of the molecule is CCc1ccc(C(Cl)c2ccc(I)cc2)cc1. The summed E-state index contributed by atoms with van der Waals surface area (Å²) in [5.41, 5.74) is 3.65. The Kier molecular flexibility index (Phi) is 4.46. The lowest BCUT2D eigenvalue weighted by Gasteiger charge is -2.11. The molecule has 0 N–H and O–H groups in total. The van der Waals surface area contributed by atoms with E-state index < -0.39 is 0 Å². The fourth-order valence-electron chi connectivity index (χ4n) is 1.75. The predicted octanol–water partition coefficient (Wildman–Crippen LogP) is 5.18. The molecule has 0 amide bonds. The maximum Gasteiger partial charge on any atom is 0.0835 e. The van der Waals surface area contributed by atoms with E-state index in [1.165, 1.54) is 9.13 Å². The number of hydrogen-bond donors (Lipinski definition) is 0. The Hall–Kier alpha value is -0.540. The lowest BCUT2D eigenvalue weighted by molar-refractivity contribution is 1.10. The molecule has 0 fully saturated rings. The Morgan fingerprint density at radius 2 is 1.41 bits per heavy atom. The van der Waals surface area contributed by atoms with Crippen LogP contribution in [0, 0.1) is 3.57 Å². The summed E-state index contributed by atoms with van der Waals surface area (Å²) in [5.74, 6) is 0. The summed E-state index contributed by atoms with van der Waals surface area (Å²) in [6.45, 7) is 2.16. The smallest absolute Gasteiger partial charge is 0.0835 e. The first-order chi connectivity index (χ1) is 8.20. The molecule has 0 aromatic heterocycles. The van der Waals surface area contributed by atoms with Gasteiger partial charge in [0.1, 0.15) is 0 Å². The van der Waals surface area contributed by atoms with Gasteiger partial charge in [-0.2, -0.15) is 0 Å². The van der Waals surface area contributed by atoms with Gasteiger partial charge in [-0.15, -0.1) is 11.6 Å². The lowest BCUT2D eigenvalue weighted by atomic mass is 10.0. The van der Waals surface area contributed by atoms with Gasteiger partial charge in [0.2, 0.25) is 0 Å². The third-order valence-corrected chi connectivity index (χ3v) is 4.07. The molecule has 0 aliphatic heterocycles. The zero-order valence-corrected chi connectivity index (χ0v) is 12.6. The van der Waals surface area contributed by atoms with E-state index in [-0.39, 0.29) is 5.38 Å². The molecule has 0 aliphatic rings. The average molecular weight is 357 g/mol. The van der Waals surface area contributed by atoms with E-state index in [2.05, 4.69) is 78.0 Å². The quantitative estimate of drug-likeness (QED) is 0.525. The molecule has 0 saturated carbocycles. The second kappa shape index (κ2) is 5.87. The van der Waals surface area contributed by atoms with E-state index in [1.54, 1.807) is 0 Å². The third-order valence-electron chi connectivity index (χ3n) is 2.84. The van der Waals surface area contributed by atoms with Crippen molar-refractivity contribution in [2.75, 3.05) is 0 Å². The summed E-state index contributed by atoms with van der Waals surface area (Å²) < 4.78 is 1.23. The van der Waals surface area contributed by atoms with Crippen LogP contribution in [0.25, 0.3) is 0 Å². The van der Waals surface area contributed by atoms with Crippen LogP contribution in [0.1, 0.15) is 29.0 Å². The van der Waals surface area contributed by atoms with Gasteiger partial charge < -0.3 is 0 Å². The van der Waals surface area contributed by atoms with Crippen molar-refractivity contribution < 1.29 is 0 Å². The average Bonchev–Trinajstić information content (AvgIpc) is 2.39. The molecule has 0 radical (unpaired) electrons. The normalized spacial score (nSPS) is 12.4. The second-order valence-electron chi connectivity index (χ2n) is 4.01. The lowest BCUT2D eigenvalue weighted by Crippen LogP contribution is -1.93. The molecule has 88 valence electrons. The van der Waals surface area contributed by atoms with Crippen LogP contribution >= 0.6 is 34.2 Å². The molecule has 0 spiro atoms. The van der Waals surface area contributed by atoms with E-state index in [0.717, 1.165) is 17.5 Å². The summed E-state index contributed by atoms with van der Waals surface area (Å²) >= 11 is 8.78. The van der Waals surface area contributed by atoms with E-state index in [4.69, 9.17) is 11.6 Å². The number of aryl methyl sites for hydroxylation is 1. The molecular weight excluding hydrogens is 343 g/mol. The highest BCUT2D eigenvalue weighted by molar-refractivity contribution is 14.1. The molecule has 1 atom stereocenters. The van der Waals surface area contributed by atoms with E-state index in [0.29, 0.717) is 0 Å². The molecule has 0 bridgehead atoms. The molecule has 0 aliphatic carbocycles. The maximum atomic E-state index is 6.48. The van der Waals surface area contributed by atoms with Crippen LogP contribution in [0.15, 0.2) is 48.5 Å². The van der Waals surface area contributed by atoms with Gasteiger partial charge in [-0.3, -0.25) is 0 Å².